The molecule has 1 fully saturated rings. The van der Waals surface area contributed by atoms with Crippen molar-refractivity contribution >= 4 is 5.91 Å². The van der Waals surface area contributed by atoms with E-state index in [1.54, 1.807) is 18.5 Å². The summed E-state index contributed by atoms with van der Waals surface area (Å²) in [7, 11) is 0. The minimum atomic E-state index is -0.0265. The van der Waals surface area contributed by atoms with Crippen LogP contribution in [-0.2, 0) is 0 Å². The largest absolute Gasteiger partial charge is 0.329 e. The maximum absolute atomic E-state index is 13.1. The number of rotatable bonds is 3. The van der Waals surface area contributed by atoms with Crippen LogP contribution in [0.2, 0.25) is 0 Å². The van der Waals surface area contributed by atoms with Gasteiger partial charge in [-0.3, -0.25) is 20.0 Å². The fourth-order valence-electron chi connectivity index (χ4n) is 3.42. The van der Waals surface area contributed by atoms with E-state index in [1.807, 2.05) is 30.2 Å². The van der Waals surface area contributed by atoms with Gasteiger partial charge in [-0.05, 0) is 49.9 Å². The van der Waals surface area contributed by atoms with Gasteiger partial charge in [0.2, 0.25) is 0 Å². The number of nitrogens with one attached hydrogen (secondary N) is 2. The Hall–Kier alpha value is -2.96. The Labute approximate surface area is 145 Å². The van der Waals surface area contributed by atoms with Crippen molar-refractivity contribution in [2.45, 2.75) is 32.2 Å². The van der Waals surface area contributed by atoms with Crippen molar-refractivity contribution in [3.63, 3.8) is 0 Å². The number of piperidine rings is 1. The van der Waals surface area contributed by atoms with E-state index < -0.39 is 0 Å². The molecule has 128 valence electrons. The third-order valence-electron chi connectivity index (χ3n) is 4.73. The number of hydrogen-bond donors (Lipinski definition) is 2. The smallest absolute Gasteiger partial charge is 0.272 e. The molecular formula is C18H20N6O. The maximum Gasteiger partial charge on any atom is 0.272 e. The van der Waals surface area contributed by atoms with E-state index in [4.69, 9.17) is 0 Å². The Morgan fingerprint density at radius 2 is 2.20 bits per heavy atom. The fourth-order valence-corrected chi connectivity index (χ4v) is 3.42. The number of hydrogen-bond acceptors (Lipinski definition) is 4. The van der Waals surface area contributed by atoms with Crippen molar-refractivity contribution < 1.29 is 4.79 Å². The van der Waals surface area contributed by atoms with E-state index in [9.17, 15) is 4.79 Å². The van der Waals surface area contributed by atoms with Crippen LogP contribution in [-0.4, -0.2) is 42.7 Å². The van der Waals surface area contributed by atoms with Crippen molar-refractivity contribution in [3.05, 3.63) is 53.7 Å². The van der Waals surface area contributed by atoms with Gasteiger partial charge in [-0.1, -0.05) is 0 Å². The standard InChI is InChI=1S/C18H20N6O/c1-12-10-20-23-17(12)16-6-2-3-8-24(16)18(25)15-9-14(21-22-15)13-5-4-7-19-11-13/h4-5,7,9-11,16H,2-3,6,8H2,1H3,(H,20,23)(H,21,22)/t16-/m0/s1. The van der Waals surface area contributed by atoms with Crippen molar-refractivity contribution in [2.75, 3.05) is 6.54 Å². The molecule has 0 radical (unpaired) electrons. The second-order valence-corrected chi connectivity index (χ2v) is 6.39. The first-order valence-electron chi connectivity index (χ1n) is 8.50. The molecule has 2 N–H and O–H groups in total. The number of amides is 1. The lowest BCUT2D eigenvalue weighted by atomic mass is 9.97. The van der Waals surface area contributed by atoms with Crippen LogP contribution in [0.25, 0.3) is 11.3 Å². The van der Waals surface area contributed by atoms with Gasteiger partial charge in [0.15, 0.2) is 0 Å². The molecule has 7 nitrogen and oxygen atoms in total. The lowest BCUT2D eigenvalue weighted by molar-refractivity contribution is 0.0599. The zero-order chi connectivity index (χ0) is 17.2. The third-order valence-corrected chi connectivity index (χ3v) is 4.73. The summed E-state index contributed by atoms with van der Waals surface area (Å²) in [5.74, 6) is -0.0265. The van der Waals surface area contributed by atoms with E-state index in [2.05, 4.69) is 25.4 Å². The van der Waals surface area contributed by atoms with Crippen molar-refractivity contribution in [1.82, 2.24) is 30.3 Å². The van der Waals surface area contributed by atoms with Gasteiger partial charge < -0.3 is 4.90 Å². The number of nitrogens with zero attached hydrogens (tertiary/aromatic N) is 4. The number of H-pyrrole nitrogens is 2. The number of aromatic nitrogens is 5. The van der Waals surface area contributed by atoms with Gasteiger partial charge in [-0.25, -0.2) is 0 Å². The molecule has 1 aliphatic rings. The van der Waals surface area contributed by atoms with Gasteiger partial charge in [0.05, 0.1) is 23.6 Å². The van der Waals surface area contributed by atoms with Gasteiger partial charge in [-0.2, -0.15) is 10.2 Å². The Morgan fingerprint density at radius 3 is 2.96 bits per heavy atom. The zero-order valence-electron chi connectivity index (χ0n) is 14.1. The van der Waals surface area contributed by atoms with Crippen LogP contribution >= 0.6 is 0 Å². The number of aromatic amines is 2. The average molecular weight is 336 g/mol. The fraction of sp³-hybridized carbons (Fsp3) is 0.333. The molecule has 4 heterocycles. The van der Waals surface area contributed by atoms with Gasteiger partial charge in [0.25, 0.3) is 5.91 Å². The van der Waals surface area contributed by atoms with Crippen LogP contribution in [0.15, 0.2) is 36.8 Å². The number of carbonyl (C=O) groups excluding carboxylic acids is 1. The first-order chi connectivity index (χ1) is 12.2. The summed E-state index contributed by atoms with van der Waals surface area (Å²) in [5, 5.41) is 14.3. The highest BCUT2D eigenvalue weighted by Crippen LogP contribution is 2.32. The van der Waals surface area contributed by atoms with Gasteiger partial charge in [0.1, 0.15) is 5.69 Å². The summed E-state index contributed by atoms with van der Waals surface area (Å²) in [6.45, 7) is 2.76. The number of carbonyl (C=O) groups is 1. The summed E-state index contributed by atoms with van der Waals surface area (Å²) in [5.41, 5.74) is 4.23. The molecule has 1 saturated heterocycles. The SMILES string of the molecule is Cc1cn[nH]c1[C@@H]1CCCCN1C(=O)c1cc(-c2cccnc2)n[nH]1. The van der Waals surface area contributed by atoms with Gasteiger partial charge in [0, 0.05) is 24.5 Å². The number of likely N-dealkylation sites (tertiary alicyclic amines) is 1. The van der Waals surface area contributed by atoms with Crippen LogP contribution in [0.5, 0.6) is 0 Å². The van der Waals surface area contributed by atoms with E-state index in [0.29, 0.717) is 5.69 Å². The predicted octanol–water partition coefficient (Wildman–Crippen LogP) is 2.87. The molecule has 0 spiro atoms. The lowest BCUT2D eigenvalue weighted by Gasteiger charge is -2.35. The summed E-state index contributed by atoms with van der Waals surface area (Å²) in [6, 6.07) is 5.61. The van der Waals surface area contributed by atoms with Crippen molar-refractivity contribution in [3.8, 4) is 11.3 Å². The molecule has 1 atom stereocenters. The summed E-state index contributed by atoms with van der Waals surface area (Å²) >= 11 is 0. The first kappa shape index (κ1) is 15.6. The number of aryl methyl sites for hydroxylation is 1. The zero-order valence-corrected chi connectivity index (χ0v) is 14.1. The normalized spacial score (nSPS) is 17.6. The quantitative estimate of drug-likeness (QED) is 0.769. The van der Waals surface area contributed by atoms with Crippen LogP contribution in [0.3, 0.4) is 0 Å². The minimum Gasteiger partial charge on any atom is -0.329 e. The molecule has 0 saturated carbocycles. The molecular weight excluding hydrogens is 316 g/mol. The average Bonchev–Trinajstić information content (AvgIpc) is 3.31. The van der Waals surface area contributed by atoms with Gasteiger partial charge in [-0.15, -0.1) is 0 Å². The molecule has 7 heteroatoms. The van der Waals surface area contributed by atoms with E-state index in [1.165, 1.54) is 0 Å². The Kier molecular flexibility index (Phi) is 4.05. The summed E-state index contributed by atoms with van der Waals surface area (Å²) < 4.78 is 0. The predicted molar refractivity (Wildman–Crippen MR) is 92.8 cm³/mol. The maximum atomic E-state index is 13.1. The van der Waals surface area contributed by atoms with E-state index in [-0.39, 0.29) is 11.9 Å². The highest BCUT2D eigenvalue weighted by Gasteiger charge is 2.31. The monoisotopic (exact) mass is 336 g/mol. The van der Waals surface area contributed by atoms with Crippen molar-refractivity contribution in [1.29, 1.82) is 0 Å². The van der Waals surface area contributed by atoms with E-state index >= 15 is 0 Å². The van der Waals surface area contributed by atoms with Crippen molar-refractivity contribution in [2.24, 2.45) is 0 Å². The lowest BCUT2D eigenvalue weighted by Crippen LogP contribution is -2.39. The molecule has 1 amide bonds. The van der Waals surface area contributed by atoms with E-state index in [0.717, 1.165) is 48.3 Å². The van der Waals surface area contributed by atoms with Crippen LogP contribution < -0.4 is 0 Å². The molecule has 25 heavy (non-hydrogen) atoms. The second-order valence-electron chi connectivity index (χ2n) is 6.39. The van der Waals surface area contributed by atoms with Crippen LogP contribution in [0, 0.1) is 6.92 Å². The molecule has 0 unspecified atom stereocenters. The minimum absolute atomic E-state index is 0.0265. The summed E-state index contributed by atoms with van der Waals surface area (Å²) in [6.07, 6.45) is 8.33. The topological polar surface area (TPSA) is 90.6 Å². The third kappa shape index (κ3) is 2.93. The Morgan fingerprint density at radius 1 is 1.28 bits per heavy atom. The number of pyridine rings is 1. The molecule has 4 rings (SSSR count). The van der Waals surface area contributed by atoms with Crippen LogP contribution in [0.4, 0.5) is 0 Å². The Bertz CT molecular complexity index is 869. The summed E-state index contributed by atoms with van der Waals surface area (Å²) in [4.78, 5) is 19.1. The molecule has 1 aliphatic heterocycles. The molecule has 0 aromatic carbocycles. The van der Waals surface area contributed by atoms with Crippen LogP contribution in [0.1, 0.15) is 47.1 Å². The van der Waals surface area contributed by atoms with Gasteiger partial charge >= 0.3 is 0 Å². The molecule has 3 aromatic heterocycles. The Balaban J connectivity index is 1.61. The molecule has 0 bridgehead atoms. The second kappa shape index (κ2) is 6.51. The highest BCUT2D eigenvalue weighted by molar-refractivity contribution is 5.93. The first-order valence-corrected chi connectivity index (χ1v) is 8.50. The molecule has 0 aliphatic carbocycles. The molecule has 3 aromatic rings. The highest BCUT2D eigenvalue weighted by atomic mass is 16.2.